The molecule has 1 heterocycles. The van der Waals surface area contributed by atoms with Gasteiger partial charge in [-0.25, -0.2) is 9.97 Å². The number of ether oxygens (including phenoxy) is 2. The van der Waals surface area contributed by atoms with Gasteiger partial charge in [0.25, 0.3) is 0 Å². The van der Waals surface area contributed by atoms with E-state index in [0.717, 1.165) is 36.4 Å². The number of benzene rings is 1. The summed E-state index contributed by atoms with van der Waals surface area (Å²) in [5.41, 5.74) is 7.51. The van der Waals surface area contributed by atoms with Crippen molar-refractivity contribution < 1.29 is 9.47 Å². The van der Waals surface area contributed by atoms with Crippen molar-refractivity contribution in [1.82, 2.24) is 9.97 Å². The van der Waals surface area contributed by atoms with Crippen LogP contribution in [0.25, 0.3) is 0 Å². The summed E-state index contributed by atoms with van der Waals surface area (Å²) in [4.78, 5) is 10.3. The van der Waals surface area contributed by atoms with Crippen LogP contribution in [-0.4, -0.2) is 30.7 Å². The average molecular weight is 351 g/mol. The van der Waals surface area contributed by atoms with Gasteiger partial charge in [0.15, 0.2) is 11.0 Å². The first kappa shape index (κ1) is 18.1. The summed E-state index contributed by atoms with van der Waals surface area (Å²) in [5.74, 6) is 2.13. The molecule has 0 bridgehead atoms. The lowest BCUT2D eigenvalue weighted by Crippen LogP contribution is -2.26. The van der Waals surface area contributed by atoms with Crippen molar-refractivity contribution in [2.24, 2.45) is 0 Å². The summed E-state index contributed by atoms with van der Waals surface area (Å²) in [7, 11) is 3.27. The summed E-state index contributed by atoms with van der Waals surface area (Å²) in [6, 6.07) is 5.79. The molecule has 1 aromatic carbocycles. The molecule has 0 amide bonds. The van der Waals surface area contributed by atoms with Gasteiger partial charge in [-0.1, -0.05) is 24.9 Å². The highest BCUT2D eigenvalue weighted by atomic mass is 35.5. The topological polar surface area (TPSA) is 73.5 Å². The van der Waals surface area contributed by atoms with Crippen molar-refractivity contribution in [1.29, 1.82) is 0 Å². The number of hydrogen-bond acceptors (Lipinski definition) is 6. The minimum atomic E-state index is 0.268. The Morgan fingerprint density at radius 2 is 1.79 bits per heavy atom. The van der Waals surface area contributed by atoms with Crippen molar-refractivity contribution in [3.63, 3.8) is 0 Å². The van der Waals surface area contributed by atoms with Gasteiger partial charge >= 0.3 is 0 Å². The fourth-order valence-electron chi connectivity index (χ4n) is 2.40. The zero-order valence-electron chi connectivity index (χ0n) is 14.3. The molecule has 0 aliphatic carbocycles. The Kier molecular flexibility index (Phi) is 6.49. The lowest BCUT2D eigenvalue weighted by atomic mass is 10.1. The van der Waals surface area contributed by atoms with Gasteiger partial charge < -0.3 is 20.1 Å². The van der Waals surface area contributed by atoms with E-state index >= 15 is 0 Å². The zero-order chi connectivity index (χ0) is 17.5. The van der Waals surface area contributed by atoms with Crippen molar-refractivity contribution in [2.75, 3.05) is 31.4 Å². The van der Waals surface area contributed by atoms with Gasteiger partial charge in [-0.05, 0) is 24.1 Å². The molecule has 0 fully saturated rings. The van der Waals surface area contributed by atoms with Crippen molar-refractivity contribution in [3.05, 3.63) is 35.2 Å². The number of unbranched alkanes of at least 4 members (excludes halogenated alkanes) is 1. The van der Waals surface area contributed by atoms with Crippen LogP contribution in [-0.2, 0) is 6.54 Å². The molecule has 0 aliphatic rings. The summed E-state index contributed by atoms with van der Waals surface area (Å²) in [5, 5.41) is 0.268. The number of nitrogen functional groups attached to an aromatic ring is 1. The molecule has 0 saturated heterocycles. The largest absolute Gasteiger partial charge is 0.497 e. The normalized spacial score (nSPS) is 10.5. The Hall–Kier alpha value is -2.21. The molecule has 0 atom stereocenters. The van der Waals surface area contributed by atoms with Crippen LogP contribution < -0.4 is 20.1 Å². The van der Waals surface area contributed by atoms with Gasteiger partial charge in [0, 0.05) is 19.2 Å². The highest BCUT2D eigenvalue weighted by Gasteiger charge is 2.15. The van der Waals surface area contributed by atoms with Crippen molar-refractivity contribution in [3.8, 4) is 11.5 Å². The van der Waals surface area contributed by atoms with Crippen LogP contribution in [0.4, 0.5) is 11.5 Å². The van der Waals surface area contributed by atoms with E-state index in [2.05, 4.69) is 21.8 Å². The number of methoxy groups -OCH3 is 2. The summed E-state index contributed by atoms with van der Waals surface area (Å²) in [6.07, 6.45) is 3.51. The third-order valence-corrected chi connectivity index (χ3v) is 3.98. The minimum absolute atomic E-state index is 0.268. The second-order valence-electron chi connectivity index (χ2n) is 5.40. The van der Waals surface area contributed by atoms with Gasteiger partial charge in [0.1, 0.15) is 23.5 Å². The Labute approximate surface area is 147 Å². The van der Waals surface area contributed by atoms with E-state index in [1.54, 1.807) is 14.2 Å². The quantitative estimate of drug-likeness (QED) is 0.734. The number of halogens is 1. The van der Waals surface area contributed by atoms with Crippen LogP contribution >= 0.6 is 11.6 Å². The molecule has 0 unspecified atom stereocenters. The molecule has 0 spiro atoms. The molecule has 2 N–H and O–H groups in total. The highest BCUT2D eigenvalue weighted by molar-refractivity contribution is 6.32. The standard InChI is InChI=1S/C17H23ClN4O2/c1-4-5-6-22(17-15(19)16(18)20-11-21-17)10-12-7-13(23-2)9-14(8-12)24-3/h7-9,11H,4-6,10,19H2,1-3H3. The molecule has 6 nitrogen and oxygen atoms in total. The first-order valence-corrected chi connectivity index (χ1v) is 8.19. The second-order valence-corrected chi connectivity index (χ2v) is 5.76. The van der Waals surface area contributed by atoms with Gasteiger partial charge in [-0.15, -0.1) is 0 Å². The molecule has 24 heavy (non-hydrogen) atoms. The van der Waals surface area contributed by atoms with Gasteiger partial charge in [0.05, 0.1) is 14.2 Å². The van der Waals surface area contributed by atoms with E-state index in [-0.39, 0.29) is 5.15 Å². The fraction of sp³-hybridized carbons (Fsp3) is 0.412. The lowest BCUT2D eigenvalue weighted by Gasteiger charge is -2.25. The van der Waals surface area contributed by atoms with Crippen LogP contribution in [0.5, 0.6) is 11.5 Å². The maximum atomic E-state index is 6.07. The van der Waals surface area contributed by atoms with Crippen LogP contribution in [0.3, 0.4) is 0 Å². The van der Waals surface area contributed by atoms with E-state index in [4.69, 9.17) is 26.8 Å². The minimum Gasteiger partial charge on any atom is -0.497 e. The number of aromatic nitrogens is 2. The number of hydrogen-bond donors (Lipinski definition) is 1. The second kappa shape index (κ2) is 8.59. The van der Waals surface area contributed by atoms with Crippen LogP contribution in [0, 0.1) is 0 Å². The predicted octanol–water partition coefficient (Wildman–Crippen LogP) is 3.54. The Bertz CT molecular complexity index is 659. The summed E-state index contributed by atoms with van der Waals surface area (Å²) in [6.45, 7) is 3.57. The molecular formula is C17H23ClN4O2. The van der Waals surface area contributed by atoms with Crippen LogP contribution in [0.2, 0.25) is 5.15 Å². The molecule has 2 rings (SSSR count). The molecule has 0 saturated carbocycles. The van der Waals surface area contributed by atoms with E-state index in [9.17, 15) is 0 Å². The third kappa shape index (κ3) is 4.41. The van der Waals surface area contributed by atoms with Crippen molar-refractivity contribution in [2.45, 2.75) is 26.3 Å². The highest BCUT2D eigenvalue weighted by Crippen LogP contribution is 2.29. The molecule has 7 heteroatoms. The monoisotopic (exact) mass is 350 g/mol. The molecular weight excluding hydrogens is 328 g/mol. The molecule has 0 aliphatic heterocycles. The molecule has 2 aromatic rings. The van der Waals surface area contributed by atoms with Crippen molar-refractivity contribution >= 4 is 23.1 Å². The van der Waals surface area contributed by atoms with Gasteiger partial charge in [0.2, 0.25) is 0 Å². The van der Waals surface area contributed by atoms with Crippen LogP contribution in [0.1, 0.15) is 25.3 Å². The third-order valence-electron chi connectivity index (χ3n) is 3.68. The molecule has 130 valence electrons. The average Bonchev–Trinajstić information content (AvgIpc) is 2.60. The first-order chi connectivity index (χ1) is 11.6. The predicted molar refractivity (Wildman–Crippen MR) is 97.0 cm³/mol. The smallest absolute Gasteiger partial charge is 0.157 e. The Morgan fingerprint density at radius 1 is 1.12 bits per heavy atom. The summed E-state index contributed by atoms with van der Waals surface area (Å²) < 4.78 is 10.7. The molecule has 0 radical (unpaired) electrons. The number of anilines is 2. The van der Waals surface area contributed by atoms with E-state index < -0.39 is 0 Å². The summed E-state index contributed by atoms with van der Waals surface area (Å²) >= 11 is 6.05. The number of nitrogens with zero attached hydrogens (tertiary/aromatic N) is 3. The Balaban J connectivity index is 2.34. The fourth-order valence-corrected chi connectivity index (χ4v) is 2.53. The van der Waals surface area contributed by atoms with Gasteiger partial charge in [-0.2, -0.15) is 0 Å². The number of rotatable bonds is 8. The maximum absolute atomic E-state index is 6.07. The van der Waals surface area contributed by atoms with Crippen LogP contribution in [0.15, 0.2) is 24.5 Å². The molecule has 1 aromatic heterocycles. The Morgan fingerprint density at radius 3 is 2.38 bits per heavy atom. The first-order valence-electron chi connectivity index (χ1n) is 7.81. The van der Waals surface area contributed by atoms with Gasteiger partial charge in [-0.3, -0.25) is 0 Å². The van der Waals surface area contributed by atoms with E-state index in [1.807, 2.05) is 18.2 Å². The number of nitrogens with two attached hydrogens (primary N) is 1. The van der Waals surface area contributed by atoms with E-state index in [0.29, 0.717) is 18.1 Å². The lowest BCUT2D eigenvalue weighted by molar-refractivity contribution is 0.393. The SMILES string of the molecule is CCCCN(Cc1cc(OC)cc(OC)c1)c1ncnc(Cl)c1N. The zero-order valence-corrected chi connectivity index (χ0v) is 15.0. The van der Waals surface area contributed by atoms with E-state index in [1.165, 1.54) is 6.33 Å². The maximum Gasteiger partial charge on any atom is 0.157 e.